The minimum Gasteiger partial charge on any atom is -0.481 e. The molecule has 1 heterocycles. The molecule has 1 aliphatic heterocycles. The molecule has 20 heavy (non-hydrogen) atoms. The average Bonchev–Trinajstić information content (AvgIpc) is 2.61. The molecule has 2 amide bonds. The van der Waals surface area contributed by atoms with Crippen molar-refractivity contribution in [2.24, 2.45) is 0 Å². The lowest BCUT2D eigenvalue weighted by molar-refractivity contribution is -0.136. The lowest BCUT2D eigenvalue weighted by Gasteiger charge is -2.13. The van der Waals surface area contributed by atoms with Crippen LogP contribution in [0.1, 0.15) is 27.1 Å². The average molecular weight is 298 g/mol. The normalized spacial score (nSPS) is 14.5. The molecule has 0 radical (unpaired) electrons. The van der Waals surface area contributed by atoms with Crippen molar-refractivity contribution in [2.75, 3.05) is 11.5 Å². The lowest BCUT2D eigenvalue weighted by Crippen LogP contribution is -2.38. The largest absolute Gasteiger partial charge is 0.481 e. The maximum absolute atomic E-state index is 12.0. The zero-order valence-corrected chi connectivity index (χ0v) is 10.9. The number of hydrogen-bond acceptors (Lipinski definition) is 6. The van der Waals surface area contributed by atoms with Gasteiger partial charge >= 0.3 is 5.97 Å². The number of imide groups is 1. The van der Waals surface area contributed by atoms with Gasteiger partial charge in [-0.15, -0.1) is 0 Å². The molecule has 106 valence electrons. The Balaban J connectivity index is 2.43. The number of hydrogen-bond donors (Lipinski definition) is 2. The van der Waals surface area contributed by atoms with E-state index < -0.39 is 40.0 Å². The molecule has 8 nitrogen and oxygen atoms in total. The summed E-state index contributed by atoms with van der Waals surface area (Å²) in [5, 5.41) is 8.50. The fraction of sp³-hybridized carbons (Fsp3) is 0.182. The quantitative estimate of drug-likeness (QED) is 0.574. The van der Waals surface area contributed by atoms with Crippen LogP contribution < -0.4 is 5.73 Å². The summed E-state index contributed by atoms with van der Waals surface area (Å²) in [5.41, 5.74) is 5.29. The van der Waals surface area contributed by atoms with Gasteiger partial charge in [-0.05, 0) is 12.1 Å². The first-order valence-corrected chi connectivity index (χ1v) is 7.08. The molecular formula is C11H10N2O6S. The predicted molar refractivity (Wildman–Crippen MR) is 67.4 cm³/mol. The molecule has 0 bridgehead atoms. The van der Waals surface area contributed by atoms with E-state index in [4.69, 9.17) is 10.8 Å². The molecule has 0 unspecified atom stereocenters. The van der Waals surface area contributed by atoms with Crippen molar-refractivity contribution in [3.8, 4) is 0 Å². The highest BCUT2D eigenvalue weighted by atomic mass is 32.2. The molecule has 0 saturated carbocycles. The van der Waals surface area contributed by atoms with Crippen LogP contribution >= 0.6 is 0 Å². The summed E-state index contributed by atoms with van der Waals surface area (Å²) in [6, 6.07) is 4.09. The van der Waals surface area contributed by atoms with Crippen molar-refractivity contribution in [1.29, 1.82) is 0 Å². The van der Waals surface area contributed by atoms with Crippen LogP contribution in [0.3, 0.4) is 0 Å². The number of fused-ring (bicyclic) bond motifs is 1. The molecule has 1 aromatic carbocycles. The van der Waals surface area contributed by atoms with E-state index in [0.717, 1.165) is 0 Å². The Labute approximate surface area is 113 Å². The van der Waals surface area contributed by atoms with Crippen LogP contribution in [-0.4, -0.2) is 41.4 Å². The highest BCUT2D eigenvalue weighted by molar-refractivity contribution is 7.90. The number of sulfonamides is 1. The highest BCUT2D eigenvalue weighted by Crippen LogP contribution is 2.29. The maximum atomic E-state index is 12.0. The number of carboxylic acid groups (broad SMARTS) is 1. The van der Waals surface area contributed by atoms with Crippen LogP contribution in [0, 0.1) is 0 Å². The Hall–Kier alpha value is -2.42. The molecule has 0 fully saturated rings. The SMILES string of the molecule is Nc1cccc2c1C(=O)N(S(=O)(=O)CCC(=O)O)C2=O. The van der Waals surface area contributed by atoms with Gasteiger partial charge in [-0.2, -0.15) is 4.31 Å². The number of nitrogens with zero attached hydrogens (tertiary/aromatic N) is 1. The summed E-state index contributed by atoms with van der Waals surface area (Å²) in [6.45, 7) is 0. The van der Waals surface area contributed by atoms with Crippen molar-refractivity contribution in [3.63, 3.8) is 0 Å². The van der Waals surface area contributed by atoms with Crippen LogP contribution in [0.5, 0.6) is 0 Å². The number of carbonyl (C=O) groups excluding carboxylic acids is 2. The Kier molecular flexibility index (Phi) is 3.22. The van der Waals surface area contributed by atoms with Gasteiger partial charge in [0.25, 0.3) is 11.8 Å². The monoisotopic (exact) mass is 298 g/mol. The van der Waals surface area contributed by atoms with Crippen molar-refractivity contribution in [2.45, 2.75) is 6.42 Å². The second-order valence-corrected chi connectivity index (χ2v) is 6.04. The van der Waals surface area contributed by atoms with Crippen molar-refractivity contribution < 1.29 is 27.9 Å². The summed E-state index contributed by atoms with van der Waals surface area (Å²) in [4.78, 5) is 34.4. The fourth-order valence-electron chi connectivity index (χ4n) is 1.85. The number of carbonyl (C=O) groups is 3. The molecule has 0 saturated heterocycles. The van der Waals surface area contributed by atoms with Gasteiger partial charge in [-0.1, -0.05) is 6.07 Å². The summed E-state index contributed by atoms with van der Waals surface area (Å²) in [5.74, 6) is -4.24. The van der Waals surface area contributed by atoms with Gasteiger partial charge in [0.1, 0.15) is 0 Å². The summed E-state index contributed by atoms with van der Waals surface area (Å²) in [6.07, 6.45) is -0.703. The molecule has 0 aliphatic carbocycles. The van der Waals surface area contributed by atoms with Gasteiger partial charge in [0, 0.05) is 5.69 Å². The first-order chi connectivity index (χ1) is 9.25. The van der Waals surface area contributed by atoms with E-state index >= 15 is 0 Å². The van der Waals surface area contributed by atoms with Crippen molar-refractivity contribution in [1.82, 2.24) is 4.31 Å². The van der Waals surface area contributed by atoms with Crippen LogP contribution in [0.4, 0.5) is 5.69 Å². The predicted octanol–water partition coefficient (Wildman–Crippen LogP) is -0.331. The number of benzene rings is 1. The number of anilines is 1. The molecule has 0 spiro atoms. The van der Waals surface area contributed by atoms with E-state index in [9.17, 15) is 22.8 Å². The third-order valence-electron chi connectivity index (χ3n) is 2.76. The molecule has 9 heteroatoms. The van der Waals surface area contributed by atoms with E-state index in [1.165, 1.54) is 18.2 Å². The number of amides is 2. The molecule has 1 aromatic rings. The third kappa shape index (κ3) is 2.11. The van der Waals surface area contributed by atoms with Gasteiger partial charge in [0.2, 0.25) is 10.0 Å². The minimum absolute atomic E-state index is 0.00298. The Morgan fingerprint density at radius 2 is 1.90 bits per heavy atom. The number of nitrogen functional groups attached to an aromatic ring is 1. The van der Waals surface area contributed by atoms with E-state index in [2.05, 4.69) is 0 Å². The van der Waals surface area contributed by atoms with E-state index in [-0.39, 0.29) is 21.1 Å². The smallest absolute Gasteiger partial charge is 0.304 e. The highest BCUT2D eigenvalue weighted by Gasteiger charge is 2.44. The molecule has 2 rings (SSSR count). The first kappa shape index (κ1) is 14.0. The first-order valence-electron chi connectivity index (χ1n) is 5.47. The van der Waals surface area contributed by atoms with E-state index in [0.29, 0.717) is 0 Å². The Morgan fingerprint density at radius 3 is 2.45 bits per heavy atom. The molecule has 1 aliphatic rings. The summed E-state index contributed by atoms with van der Waals surface area (Å²) >= 11 is 0. The van der Waals surface area contributed by atoms with Crippen molar-refractivity contribution >= 4 is 33.5 Å². The number of nitrogens with two attached hydrogens (primary N) is 1. The number of rotatable bonds is 4. The molecule has 0 atom stereocenters. The second kappa shape index (κ2) is 4.60. The molecule has 0 aromatic heterocycles. The van der Waals surface area contributed by atoms with E-state index in [1.54, 1.807) is 0 Å². The maximum Gasteiger partial charge on any atom is 0.304 e. The zero-order chi connectivity index (χ0) is 15.1. The van der Waals surface area contributed by atoms with Crippen LogP contribution in [-0.2, 0) is 14.8 Å². The Bertz CT molecular complexity index is 724. The van der Waals surface area contributed by atoms with Crippen LogP contribution in [0.2, 0.25) is 0 Å². The third-order valence-corrected chi connectivity index (χ3v) is 4.37. The Morgan fingerprint density at radius 1 is 1.25 bits per heavy atom. The van der Waals surface area contributed by atoms with Crippen LogP contribution in [0.25, 0.3) is 0 Å². The van der Waals surface area contributed by atoms with Crippen molar-refractivity contribution in [3.05, 3.63) is 29.3 Å². The van der Waals surface area contributed by atoms with Gasteiger partial charge < -0.3 is 10.8 Å². The molecule has 3 N–H and O–H groups in total. The van der Waals surface area contributed by atoms with Crippen LogP contribution in [0.15, 0.2) is 18.2 Å². The van der Waals surface area contributed by atoms with E-state index in [1.807, 2.05) is 0 Å². The number of carboxylic acids is 1. The van der Waals surface area contributed by atoms with Gasteiger partial charge in [0.05, 0.1) is 23.3 Å². The molecular weight excluding hydrogens is 288 g/mol. The van der Waals surface area contributed by atoms with Gasteiger partial charge in [0.15, 0.2) is 0 Å². The fourth-order valence-corrected chi connectivity index (χ4v) is 3.16. The number of aliphatic carboxylic acids is 1. The minimum atomic E-state index is -4.34. The zero-order valence-electron chi connectivity index (χ0n) is 10.1. The topological polar surface area (TPSA) is 135 Å². The van der Waals surface area contributed by atoms with Gasteiger partial charge in [-0.25, -0.2) is 8.42 Å². The second-order valence-electron chi connectivity index (χ2n) is 4.10. The lowest BCUT2D eigenvalue weighted by atomic mass is 10.1. The summed E-state index contributed by atoms with van der Waals surface area (Å²) in [7, 11) is -4.34. The summed E-state index contributed by atoms with van der Waals surface area (Å²) < 4.78 is 23.9. The van der Waals surface area contributed by atoms with Gasteiger partial charge in [-0.3, -0.25) is 14.4 Å². The standard InChI is InChI=1S/C11H10N2O6S/c12-7-3-1-2-6-9(7)11(17)13(10(6)16)20(18,19)5-4-8(14)15/h1-3H,4-5,12H2,(H,14,15).